The van der Waals surface area contributed by atoms with Gasteiger partial charge in [0.1, 0.15) is 0 Å². The molecule has 0 spiro atoms. The number of rotatable bonds is 6. The van der Waals surface area contributed by atoms with Crippen LogP contribution in [0.4, 0.5) is 0 Å². The molecule has 0 heterocycles. The SMILES string of the molecule is CC(C)(C)c1cc(C=NCCCN=Cc2cc(C(C)(C)C)cc(C(C)(C)C)c2[O-])c([O-])c(C(C)(C)C)c1.[Cl-].[Fe+3]. The first kappa shape index (κ1) is 37.2. The van der Waals surface area contributed by atoms with E-state index in [1.165, 1.54) is 0 Å². The zero-order valence-electron chi connectivity index (χ0n) is 26.0. The standard InChI is InChI=1S/C33H50N2O2.ClH.Fe/c1-30(2,3)24-16-22(28(36)26(18-24)32(7,8)9)20-34-14-13-15-35-21-23-17-25(31(4,5)6)19-27(29(23)37)33(10,11)12;;/h16-21,36-37H,13-15H2,1-12H3;1H;/q;;+3/p-3. The Labute approximate surface area is 254 Å². The minimum atomic E-state index is -0.229. The van der Waals surface area contributed by atoms with Gasteiger partial charge in [-0.3, -0.25) is 9.98 Å². The fraction of sp³-hybridized carbons (Fsp3) is 0.576. The maximum absolute atomic E-state index is 13.1. The van der Waals surface area contributed by atoms with Crippen molar-refractivity contribution in [2.24, 2.45) is 9.98 Å². The molecule has 0 aliphatic rings. The van der Waals surface area contributed by atoms with Crippen LogP contribution in [0.15, 0.2) is 34.3 Å². The molecule has 0 bridgehead atoms. The monoisotopic (exact) mass is 595 g/mol. The van der Waals surface area contributed by atoms with Crippen LogP contribution in [0.1, 0.15) is 123 Å². The molecule has 6 heteroatoms. The van der Waals surface area contributed by atoms with Crippen LogP contribution in [0.2, 0.25) is 0 Å². The van der Waals surface area contributed by atoms with E-state index in [-0.39, 0.29) is 62.6 Å². The number of benzene rings is 2. The number of hydrogen-bond acceptors (Lipinski definition) is 4. The Balaban J connectivity index is 0.00000722. The van der Waals surface area contributed by atoms with Gasteiger partial charge in [0, 0.05) is 25.5 Å². The molecule has 4 nitrogen and oxygen atoms in total. The summed E-state index contributed by atoms with van der Waals surface area (Å²) in [6, 6.07) is 8.06. The number of halogens is 1. The second-order valence-corrected chi connectivity index (χ2v) is 14.3. The third-order valence-corrected chi connectivity index (χ3v) is 6.62. The van der Waals surface area contributed by atoms with Crippen molar-refractivity contribution in [1.29, 1.82) is 0 Å². The molecule has 0 fully saturated rings. The summed E-state index contributed by atoms with van der Waals surface area (Å²) in [6.07, 6.45) is 4.18. The predicted molar refractivity (Wildman–Crippen MR) is 156 cm³/mol. The van der Waals surface area contributed by atoms with E-state index in [4.69, 9.17) is 0 Å². The van der Waals surface area contributed by atoms with Crippen LogP contribution in [-0.4, -0.2) is 25.5 Å². The third-order valence-electron chi connectivity index (χ3n) is 6.62. The van der Waals surface area contributed by atoms with Crippen molar-refractivity contribution in [2.45, 2.75) is 111 Å². The van der Waals surface area contributed by atoms with E-state index in [9.17, 15) is 10.2 Å². The Morgan fingerprint density at radius 3 is 1.13 bits per heavy atom. The van der Waals surface area contributed by atoms with Gasteiger partial charge in [-0.2, -0.15) is 0 Å². The summed E-state index contributed by atoms with van der Waals surface area (Å²) in [7, 11) is 0. The number of aliphatic imine (C=N–C) groups is 2. The number of hydrogen-bond donors (Lipinski definition) is 0. The van der Waals surface area contributed by atoms with E-state index in [0.717, 1.165) is 28.7 Å². The van der Waals surface area contributed by atoms with Crippen molar-refractivity contribution in [1.82, 2.24) is 0 Å². The molecule has 0 N–H and O–H groups in total. The summed E-state index contributed by atoms with van der Waals surface area (Å²) >= 11 is 0. The minimum Gasteiger partial charge on any atom is -1.00 e. The molecule has 1 radical (unpaired) electrons. The van der Waals surface area contributed by atoms with E-state index < -0.39 is 0 Å². The Bertz CT molecular complexity index is 1070. The summed E-state index contributed by atoms with van der Waals surface area (Å²) in [4.78, 5) is 9.09. The topological polar surface area (TPSA) is 70.8 Å². The fourth-order valence-electron chi connectivity index (χ4n) is 4.05. The molecular formula is C33H48ClFeN2O2. The van der Waals surface area contributed by atoms with Crippen LogP contribution in [0, 0.1) is 0 Å². The van der Waals surface area contributed by atoms with Crippen molar-refractivity contribution in [2.75, 3.05) is 13.1 Å². The smallest absolute Gasteiger partial charge is 1.00 e. The third kappa shape index (κ3) is 10.3. The van der Waals surface area contributed by atoms with E-state index >= 15 is 0 Å². The molecule has 0 saturated carbocycles. The molecule has 0 atom stereocenters. The molecule has 2 rings (SSSR count). The van der Waals surface area contributed by atoms with Gasteiger partial charge < -0.3 is 22.6 Å². The van der Waals surface area contributed by atoms with Gasteiger partial charge in [-0.15, -0.1) is 0 Å². The minimum absolute atomic E-state index is 0. The molecule has 0 aliphatic heterocycles. The summed E-state index contributed by atoms with van der Waals surface area (Å²) in [5.41, 5.74) is 4.66. The van der Waals surface area contributed by atoms with Crippen LogP contribution in [0.25, 0.3) is 0 Å². The summed E-state index contributed by atoms with van der Waals surface area (Å²) in [5, 5.41) is 26.2. The molecule has 0 aliphatic carbocycles. The van der Waals surface area contributed by atoms with Crippen LogP contribution in [0.3, 0.4) is 0 Å². The molecule has 0 unspecified atom stereocenters. The predicted octanol–water partition coefficient (Wildman–Crippen LogP) is 3.95. The van der Waals surface area contributed by atoms with Crippen molar-refractivity contribution in [3.8, 4) is 11.5 Å². The Morgan fingerprint density at radius 1 is 0.564 bits per heavy atom. The molecular weight excluding hydrogens is 548 g/mol. The van der Waals surface area contributed by atoms with Gasteiger partial charge in [-0.1, -0.05) is 119 Å². The van der Waals surface area contributed by atoms with Gasteiger partial charge in [-0.05, 0) is 61.5 Å². The molecule has 0 amide bonds. The van der Waals surface area contributed by atoms with Crippen molar-refractivity contribution < 1.29 is 39.7 Å². The second kappa shape index (κ2) is 13.7. The van der Waals surface area contributed by atoms with Crippen molar-refractivity contribution in [3.05, 3.63) is 57.6 Å². The van der Waals surface area contributed by atoms with Gasteiger partial charge >= 0.3 is 17.1 Å². The van der Waals surface area contributed by atoms with Gasteiger partial charge in [0.2, 0.25) is 0 Å². The average Bonchev–Trinajstić information content (AvgIpc) is 2.71. The number of nitrogens with zero attached hydrogens (tertiary/aromatic N) is 2. The molecule has 0 aromatic heterocycles. The second-order valence-electron chi connectivity index (χ2n) is 14.3. The van der Waals surface area contributed by atoms with E-state index in [1.54, 1.807) is 12.4 Å². The van der Waals surface area contributed by atoms with Crippen molar-refractivity contribution >= 4 is 12.4 Å². The summed E-state index contributed by atoms with van der Waals surface area (Å²) in [6.45, 7) is 26.5. The van der Waals surface area contributed by atoms with Crippen molar-refractivity contribution in [3.63, 3.8) is 0 Å². The average molecular weight is 596 g/mol. The quantitative estimate of drug-likeness (QED) is 0.288. The van der Waals surface area contributed by atoms with Crippen LogP contribution in [0.5, 0.6) is 11.5 Å². The normalized spacial score (nSPS) is 13.0. The largest absolute Gasteiger partial charge is 3.00 e. The summed E-state index contributed by atoms with van der Waals surface area (Å²) < 4.78 is 0. The zero-order chi connectivity index (χ0) is 28.4. The molecule has 0 saturated heterocycles. The van der Waals surface area contributed by atoms with E-state index in [0.29, 0.717) is 24.2 Å². The first-order valence-electron chi connectivity index (χ1n) is 13.4. The van der Waals surface area contributed by atoms with E-state index in [1.807, 2.05) is 12.1 Å². The maximum Gasteiger partial charge on any atom is 3.00 e. The van der Waals surface area contributed by atoms with Gasteiger partial charge in [-0.25, -0.2) is 0 Å². The first-order valence-corrected chi connectivity index (χ1v) is 13.4. The Morgan fingerprint density at radius 2 is 0.872 bits per heavy atom. The maximum atomic E-state index is 13.1. The molecule has 39 heavy (non-hydrogen) atoms. The van der Waals surface area contributed by atoms with Gasteiger partial charge in [0.25, 0.3) is 0 Å². The van der Waals surface area contributed by atoms with Crippen LogP contribution >= 0.6 is 0 Å². The fourth-order valence-corrected chi connectivity index (χ4v) is 4.05. The first-order chi connectivity index (χ1) is 16.7. The van der Waals surface area contributed by atoms with Gasteiger partial charge in [0.05, 0.1) is 0 Å². The molecule has 2 aromatic rings. The van der Waals surface area contributed by atoms with Gasteiger partial charge in [0.15, 0.2) is 0 Å². The van der Waals surface area contributed by atoms with Crippen LogP contribution in [-0.2, 0) is 38.7 Å². The zero-order valence-corrected chi connectivity index (χ0v) is 27.9. The van der Waals surface area contributed by atoms with Crippen LogP contribution < -0.4 is 22.6 Å². The Hall–Kier alpha value is -1.81. The Kier molecular flexibility index (Phi) is 13.1. The summed E-state index contributed by atoms with van der Waals surface area (Å²) in [5.74, 6) is 0.109. The molecule has 217 valence electrons. The molecule has 2 aromatic carbocycles. The van der Waals surface area contributed by atoms with E-state index in [2.05, 4.69) is 105 Å².